The number of carbonyl (C=O) groups excluding carboxylic acids is 7. The highest BCUT2D eigenvalue weighted by Gasteiger charge is 2.43. The van der Waals surface area contributed by atoms with Crippen molar-refractivity contribution in [1.29, 1.82) is 0 Å². The van der Waals surface area contributed by atoms with Crippen LogP contribution in [0.3, 0.4) is 0 Å². The van der Waals surface area contributed by atoms with Gasteiger partial charge in [-0.3, -0.25) is 24.0 Å². The topological polar surface area (TPSA) is 201 Å². The molecule has 0 radical (unpaired) electrons. The van der Waals surface area contributed by atoms with Gasteiger partial charge in [0.05, 0.1) is 13.0 Å². The second-order valence-electron chi connectivity index (χ2n) is 14.6. The maximum atomic E-state index is 13.5. The van der Waals surface area contributed by atoms with E-state index < -0.39 is 42.1 Å². The average molecular weight is 806 g/mol. The number of carbonyl (C=O) groups is 7. The van der Waals surface area contributed by atoms with E-state index in [-0.39, 0.29) is 42.6 Å². The summed E-state index contributed by atoms with van der Waals surface area (Å²) in [4.78, 5) is 91.6. The van der Waals surface area contributed by atoms with Crippen LogP contribution in [0.2, 0.25) is 0 Å². The van der Waals surface area contributed by atoms with Crippen molar-refractivity contribution in [2.75, 3.05) is 32.7 Å². The van der Waals surface area contributed by atoms with E-state index in [4.69, 9.17) is 10.5 Å². The molecule has 4 saturated heterocycles. The molecule has 0 aliphatic carbocycles. The first kappa shape index (κ1) is 46.9. The lowest BCUT2D eigenvalue weighted by molar-refractivity contribution is -0.160. The van der Waals surface area contributed by atoms with E-state index in [0.717, 1.165) is 24.8 Å². The number of piperidine rings is 1. The molecule has 5 atom stereocenters. The van der Waals surface area contributed by atoms with Gasteiger partial charge in [0, 0.05) is 26.2 Å². The lowest BCUT2D eigenvalue weighted by atomic mass is 9.99. The Morgan fingerprint density at radius 3 is 1.93 bits per heavy atom. The zero-order valence-corrected chi connectivity index (χ0v) is 34.7. The lowest BCUT2D eigenvalue weighted by Crippen LogP contribution is -2.59. The molecule has 4 heterocycles. The quantitative estimate of drug-likeness (QED) is 0.330. The molecule has 2 aromatic carbocycles. The number of nitrogens with two attached hydrogens (primary N) is 1. The summed E-state index contributed by atoms with van der Waals surface area (Å²) >= 11 is 0. The monoisotopic (exact) mass is 805 g/mol. The molecule has 0 spiro atoms. The van der Waals surface area contributed by atoms with Crippen molar-refractivity contribution < 1.29 is 38.3 Å². The van der Waals surface area contributed by atoms with Gasteiger partial charge in [-0.25, -0.2) is 9.59 Å². The fourth-order valence-electron chi connectivity index (χ4n) is 7.29. The number of esters is 1. The second kappa shape index (κ2) is 24.3. The number of rotatable bonds is 5. The van der Waals surface area contributed by atoms with Crippen LogP contribution in [0.4, 0.5) is 4.79 Å². The maximum absolute atomic E-state index is 13.5. The van der Waals surface area contributed by atoms with E-state index in [1.165, 1.54) is 10.5 Å². The molecule has 5 N–H and O–H groups in total. The van der Waals surface area contributed by atoms with Crippen molar-refractivity contribution in [1.82, 2.24) is 30.7 Å². The number of benzene rings is 2. The smallest absolute Gasteiger partial charge is 0.329 e. The van der Waals surface area contributed by atoms with Gasteiger partial charge in [-0.05, 0) is 77.7 Å². The molecule has 2 aromatic rings. The first-order chi connectivity index (χ1) is 27.8. The summed E-state index contributed by atoms with van der Waals surface area (Å²) in [5.74, 6) is -2.23. The SMILES string of the molecule is CC.CC1CC(=O)N2CCCC2C(=O)N2CCCCC2C(=O)NC(C)C(=O)N2CCCC2C(=O)O1.Cc1ccccc1.NC(=O)CNC(=O)NCCc1ccccc1. The molecule has 4 aliphatic rings. The van der Waals surface area contributed by atoms with E-state index in [1.807, 2.05) is 62.4 Å². The summed E-state index contributed by atoms with van der Waals surface area (Å²) in [7, 11) is 0. The molecule has 4 aliphatic heterocycles. The van der Waals surface area contributed by atoms with Gasteiger partial charge in [-0.2, -0.15) is 0 Å². The first-order valence-corrected chi connectivity index (χ1v) is 20.6. The molecule has 15 nitrogen and oxygen atoms in total. The number of fused-ring (bicyclic) bond motifs is 3. The van der Waals surface area contributed by atoms with E-state index >= 15 is 0 Å². The van der Waals surface area contributed by atoms with E-state index in [9.17, 15) is 33.6 Å². The van der Waals surface area contributed by atoms with Crippen molar-refractivity contribution in [3.8, 4) is 0 Å². The van der Waals surface area contributed by atoms with Gasteiger partial charge in [0.15, 0.2) is 0 Å². The summed E-state index contributed by atoms with van der Waals surface area (Å²) in [6.45, 7) is 11.1. The molecule has 6 rings (SSSR count). The predicted octanol–water partition coefficient (Wildman–Crippen LogP) is 3.22. The standard InChI is InChI=1S/C23H34N4O6.C11H15N3O2.C7H8.C2H6/c1-14-13-19(28)25-11-5-8-17(25)22(31)26-10-4-3-7-16(26)20(29)24-15(2)21(30)27-12-6-9-18(27)23(32)33-14;12-10(15)8-14-11(16)13-7-6-9-4-2-1-3-5-9;1-7-5-3-2-4-6-7;1-2/h14-18H,3-13H2,1-2H3,(H,24,29);1-5H,6-8H2,(H2,12,15)(H2,13,14,16);2-6H,1H3;1-2H3. The zero-order valence-electron chi connectivity index (χ0n) is 34.7. The van der Waals surface area contributed by atoms with Crippen LogP contribution in [-0.2, 0) is 39.9 Å². The molecule has 7 amide bonds. The van der Waals surface area contributed by atoms with Crippen LogP contribution < -0.4 is 21.7 Å². The number of amides is 7. The predicted molar refractivity (Wildman–Crippen MR) is 220 cm³/mol. The largest absolute Gasteiger partial charge is 0.461 e. The minimum absolute atomic E-state index is 0.0174. The molecule has 4 fully saturated rings. The lowest BCUT2D eigenvalue weighted by Gasteiger charge is -2.38. The minimum Gasteiger partial charge on any atom is -0.461 e. The van der Waals surface area contributed by atoms with Gasteiger partial charge in [0.1, 0.15) is 30.3 Å². The number of cyclic esters (lactones) is 1. The Morgan fingerprint density at radius 1 is 0.741 bits per heavy atom. The third-order valence-corrected chi connectivity index (χ3v) is 10.2. The van der Waals surface area contributed by atoms with Crippen molar-refractivity contribution in [2.45, 2.75) is 123 Å². The average Bonchev–Trinajstić information content (AvgIpc) is 3.93. The molecule has 0 saturated carbocycles. The first-order valence-electron chi connectivity index (χ1n) is 20.6. The highest BCUT2D eigenvalue weighted by atomic mass is 16.5. The number of hydrogen-bond acceptors (Lipinski definition) is 8. The van der Waals surface area contributed by atoms with Crippen LogP contribution in [-0.4, -0.2) is 119 Å². The van der Waals surface area contributed by atoms with Crippen LogP contribution in [0.15, 0.2) is 60.7 Å². The molecular weight excluding hydrogens is 743 g/mol. The Bertz CT molecular complexity index is 1660. The molecule has 15 heteroatoms. The summed E-state index contributed by atoms with van der Waals surface area (Å²) in [6.07, 6.45) is 4.63. The van der Waals surface area contributed by atoms with Crippen LogP contribution in [0.5, 0.6) is 0 Å². The fourth-order valence-corrected chi connectivity index (χ4v) is 7.29. The third-order valence-electron chi connectivity index (χ3n) is 10.2. The molecular formula is C43H63N7O8. The van der Waals surface area contributed by atoms with E-state index in [0.29, 0.717) is 58.3 Å². The summed E-state index contributed by atoms with van der Waals surface area (Å²) in [6, 6.07) is 16.9. The number of primary amides is 1. The molecule has 0 aromatic heterocycles. The highest BCUT2D eigenvalue weighted by molar-refractivity contribution is 5.95. The van der Waals surface area contributed by atoms with Crippen LogP contribution in [0.25, 0.3) is 0 Å². The zero-order chi connectivity index (χ0) is 42.6. The van der Waals surface area contributed by atoms with E-state index in [1.54, 1.807) is 23.6 Å². The van der Waals surface area contributed by atoms with Crippen LogP contribution >= 0.6 is 0 Å². The Hall–Kier alpha value is -5.47. The number of ether oxygens (including phenoxy) is 1. The Balaban J connectivity index is 0.000000296. The van der Waals surface area contributed by atoms with Crippen molar-refractivity contribution in [3.63, 3.8) is 0 Å². The highest BCUT2D eigenvalue weighted by Crippen LogP contribution is 2.27. The van der Waals surface area contributed by atoms with Gasteiger partial charge in [-0.1, -0.05) is 80.1 Å². The van der Waals surface area contributed by atoms with Gasteiger partial charge in [-0.15, -0.1) is 0 Å². The van der Waals surface area contributed by atoms with Gasteiger partial charge >= 0.3 is 12.0 Å². The van der Waals surface area contributed by atoms with Crippen LogP contribution in [0, 0.1) is 6.92 Å². The molecule has 5 unspecified atom stereocenters. The number of urea groups is 1. The third kappa shape index (κ3) is 14.5. The second-order valence-corrected chi connectivity index (χ2v) is 14.6. The summed E-state index contributed by atoms with van der Waals surface area (Å²) < 4.78 is 5.54. The Labute approximate surface area is 342 Å². The van der Waals surface area contributed by atoms with Crippen molar-refractivity contribution in [2.24, 2.45) is 5.73 Å². The number of nitrogens with zero attached hydrogens (tertiary/aromatic N) is 3. The van der Waals surface area contributed by atoms with Crippen molar-refractivity contribution in [3.05, 3.63) is 71.8 Å². The van der Waals surface area contributed by atoms with Crippen molar-refractivity contribution >= 4 is 41.5 Å². The number of aryl methyl sites for hydroxylation is 1. The van der Waals surface area contributed by atoms with E-state index in [2.05, 4.69) is 35.0 Å². The normalized spacial score (nSPS) is 23.4. The fraction of sp³-hybridized carbons (Fsp3) is 0.558. The van der Waals surface area contributed by atoms with Gasteiger partial charge in [0.25, 0.3) is 0 Å². The van der Waals surface area contributed by atoms with Gasteiger partial charge < -0.3 is 41.1 Å². The van der Waals surface area contributed by atoms with Gasteiger partial charge in [0.2, 0.25) is 29.5 Å². The minimum atomic E-state index is -0.820. The molecule has 58 heavy (non-hydrogen) atoms. The maximum Gasteiger partial charge on any atom is 0.329 e. The molecule has 318 valence electrons. The Kier molecular flexibility index (Phi) is 19.7. The van der Waals surface area contributed by atoms with Crippen LogP contribution in [0.1, 0.15) is 90.2 Å². The Morgan fingerprint density at radius 2 is 1.31 bits per heavy atom. The number of nitrogens with one attached hydrogen (secondary N) is 3. The number of hydrogen-bond donors (Lipinski definition) is 4. The summed E-state index contributed by atoms with van der Waals surface area (Å²) in [5, 5.41) is 7.75. The summed E-state index contributed by atoms with van der Waals surface area (Å²) in [5.41, 5.74) is 7.35. The molecule has 0 bridgehead atoms.